The molecule has 0 aromatic heterocycles. The highest BCUT2D eigenvalue weighted by molar-refractivity contribution is 5.82. The zero-order valence-corrected chi connectivity index (χ0v) is 22.3. The standard InChI is InChI=1S/C30H37N5O4/c31-28(36)30-17-20-15-21(18-30)27(22(16-20)19-30)32-29(37)39-35-10-9-34(25-3-1-2-4-26(25)35)24-7-5-23(6-8-24)33-11-13-38-14-12-33/h1-8,20-22,27H,9-19H2,(H2,31,36)(H,32,37)/t20?,21-,22+,27?,30?. The number of hydroxylamine groups is 1. The molecule has 4 bridgehead atoms. The van der Waals surface area contributed by atoms with Gasteiger partial charge in [0.25, 0.3) is 0 Å². The molecule has 2 aromatic carbocycles. The van der Waals surface area contributed by atoms with Crippen molar-refractivity contribution in [3.8, 4) is 0 Å². The molecular formula is C30H37N5O4. The maximum Gasteiger partial charge on any atom is 0.431 e. The van der Waals surface area contributed by atoms with Crippen LogP contribution in [0.1, 0.15) is 32.1 Å². The molecule has 4 aliphatic carbocycles. The fraction of sp³-hybridized carbons (Fsp3) is 0.533. The normalized spacial score (nSPS) is 31.1. The molecule has 3 N–H and O–H groups in total. The third-order valence-corrected chi connectivity index (χ3v) is 9.78. The number of primary amides is 1. The summed E-state index contributed by atoms with van der Waals surface area (Å²) in [5, 5.41) is 4.91. The molecule has 2 aromatic rings. The van der Waals surface area contributed by atoms with E-state index in [-0.39, 0.29) is 17.4 Å². The lowest BCUT2D eigenvalue weighted by Crippen LogP contribution is -2.62. The Hall–Kier alpha value is -3.46. The van der Waals surface area contributed by atoms with E-state index in [4.69, 9.17) is 15.3 Å². The van der Waals surface area contributed by atoms with Gasteiger partial charge >= 0.3 is 6.09 Å². The van der Waals surface area contributed by atoms with E-state index in [1.165, 1.54) is 5.69 Å². The zero-order valence-electron chi connectivity index (χ0n) is 22.3. The molecule has 5 fully saturated rings. The van der Waals surface area contributed by atoms with E-state index in [2.05, 4.69) is 45.4 Å². The highest BCUT2D eigenvalue weighted by Crippen LogP contribution is 2.60. The second-order valence-electron chi connectivity index (χ2n) is 12.0. The minimum absolute atomic E-state index is 0.0445. The van der Waals surface area contributed by atoms with Crippen LogP contribution in [-0.2, 0) is 14.4 Å². The number of nitrogens with zero attached hydrogens (tertiary/aromatic N) is 3. The first-order valence-electron chi connectivity index (χ1n) is 14.3. The molecule has 2 aliphatic heterocycles. The first-order chi connectivity index (χ1) is 19.0. The van der Waals surface area contributed by atoms with Crippen LogP contribution in [0.2, 0.25) is 0 Å². The average Bonchev–Trinajstić information content (AvgIpc) is 2.95. The second kappa shape index (κ2) is 9.62. The summed E-state index contributed by atoms with van der Waals surface area (Å²) in [5.41, 5.74) is 9.66. The van der Waals surface area contributed by atoms with Gasteiger partial charge in [0.1, 0.15) is 0 Å². The van der Waals surface area contributed by atoms with Crippen LogP contribution in [0, 0.1) is 23.2 Å². The van der Waals surface area contributed by atoms with Crippen molar-refractivity contribution in [3.05, 3.63) is 48.5 Å². The Morgan fingerprint density at radius 3 is 2.23 bits per heavy atom. The summed E-state index contributed by atoms with van der Waals surface area (Å²) in [4.78, 5) is 36.0. The molecule has 8 rings (SSSR count). The Balaban J connectivity index is 1.03. The van der Waals surface area contributed by atoms with Gasteiger partial charge in [-0.2, -0.15) is 0 Å². The van der Waals surface area contributed by atoms with Crippen LogP contribution >= 0.6 is 0 Å². The van der Waals surface area contributed by atoms with Crippen molar-refractivity contribution in [1.82, 2.24) is 5.32 Å². The van der Waals surface area contributed by atoms with E-state index in [1.807, 2.05) is 18.2 Å². The zero-order chi connectivity index (χ0) is 26.6. The Morgan fingerprint density at radius 2 is 1.54 bits per heavy atom. The predicted molar refractivity (Wildman–Crippen MR) is 149 cm³/mol. The van der Waals surface area contributed by atoms with Crippen molar-refractivity contribution < 1.29 is 19.2 Å². The average molecular weight is 532 g/mol. The summed E-state index contributed by atoms with van der Waals surface area (Å²) in [6.07, 6.45) is 4.19. The first-order valence-corrected chi connectivity index (χ1v) is 14.3. The number of ether oxygens (including phenoxy) is 1. The van der Waals surface area contributed by atoms with Crippen molar-refractivity contribution in [2.45, 2.75) is 38.1 Å². The van der Waals surface area contributed by atoms with Gasteiger partial charge in [0.2, 0.25) is 5.91 Å². The topological polar surface area (TPSA) is 100 Å². The van der Waals surface area contributed by atoms with Crippen LogP contribution in [0.5, 0.6) is 0 Å². The maximum absolute atomic E-state index is 13.2. The van der Waals surface area contributed by atoms with Crippen LogP contribution in [0.25, 0.3) is 0 Å². The number of para-hydroxylation sites is 2. The third kappa shape index (κ3) is 4.36. The van der Waals surface area contributed by atoms with Crippen LogP contribution in [0.4, 0.5) is 27.5 Å². The second-order valence-corrected chi connectivity index (χ2v) is 12.0. The number of anilines is 4. The van der Waals surface area contributed by atoms with E-state index < -0.39 is 6.09 Å². The van der Waals surface area contributed by atoms with Gasteiger partial charge in [-0.3, -0.25) is 4.79 Å². The van der Waals surface area contributed by atoms with Gasteiger partial charge in [-0.05, 0) is 86.3 Å². The Bertz CT molecular complexity index is 1230. The number of benzene rings is 2. The van der Waals surface area contributed by atoms with Gasteiger partial charge < -0.3 is 30.4 Å². The molecule has 206 valence electrons. The molecule has 0 spiro atoms. The van der Waals surface area contributed by atoms with E-state index in [0.717, 1.165) is 75.5 Å². The van der Waals surface area contributed by atoms with Gasteiger partial charge in [-0.25, -0.2) is 9.86 Å². The van der Waals surface area contributed by atoms with E-state index in [0.29, 0.717) is 30.8 Å². The number of nitrogens with one attached hydrogen (secondary N) is 1. The van der Waals surface area contributed by atoms with Crippen LogP contribution in [0.3, 0.4) is 0 Å². The van der Waals surface area contributed by atoms with Gasteiger partial charge in [0, 0.05) is 42.5 Å². The van der Waals surface area contributed by atoms with Crippen LogP contribution in [0.15, 0.2) is 48.5 Å². The Kier molecular flexibility index (Phi) is 6.06. The van der Waals surface area contributed by atoms with E-state index >= 15 is 0 Å². The number of hydrogen-bond acceptors (Lipinski definition) is 7. The number of carbonyl (C=O) groups excluding carboxylic acids is 2. The van der Waals surface area contributed by atoms with Crippen LogP contribution < -0.4 is 25.9 Å². The van der Waals surface area contributed by atoms with E-state index in [9.17, 15) is 9.59 Å². The molecule has 1 saturated heterocycles. The smallest absolute Gasteiger partial charge is 0.378 e. The first kappa shape index (κ1) is 24.6. The van der Waals surface area contributed by atoms with Gasteiger partial charge in [-0.1, -0.05) is 12.1 Å². The number of fused-ring (bicyclic) bond motifs is 1. The van der Waals surface area contributed by atoms with Crippen LogP contribution in [-0.4, -0.2) is 57.4 Å². The predicted octanol–water partition coefficient (Wildman–Crippen LogP) is 3.80. The van der Waals surface area contributed by atoms with Crippen molar-refractivity contribution in [3.63, 3.8) is 0 Å². The van der Waals surface area contributed by atoms with Crippen molar-refractivity contribution in [2.75, 3.05) is 54.3 Å². The molecule has 3 unspecified atom stereocenters. The lowest BCUT2D eigenvalue weighted by molar-refractivity contribution is -0.145. The molecule has 6 aliphatic rings. The van der Waals surface area contributed by atoms with Gasteiger partial charge in [-0.15, -0.1) is 0 Å². The maximum atomic E-state index is 13.2. The molecule has 39 heavy (non-hydrogen) atoms. The number of hydrogen-bond donors (Lipinski definition) is 2. The summed E-state index contributed by atoms with van der Waals surface area (Å²) >= 11 is 0. The summed E-state index contributed by atoms with van der Waals surface area (Å²) < 4.78 is 5.48. The van der Waals surface area contributed by atoms with Crippen molar-refractivity contribution >= 4 is 34.7 Å². The molecular weight excluding hydrogens is 494 g/mol. The number of carbonyl (C=O) groups is 2. The number of amides is 2. The summed E-state index contributed by atoms with van der Waals surface area (Å²) in [6, 6.07) is 16.8. The quantitative estimate of drug-likeness (QED) is 0.605. The van der Waals surface area contributed by atoms with Crippen molar-refractivity contribution in [1.29, 1.82) is 0 Å². The SMILES string of the molecule is NC(=O)C12CC3C[C@H](C1)C(NC(=O)ON1CCN(c4ccc(N5CCOCC5)cc4)c4ccccc41)[C@@H](C3)C2. The summed E-state index contributed by atoms with van der Waals surface area (Å²) in [7, 11) is 0. The largest absolute Gasteiger partial charge is 0.431 e. The molecule has 5 atom stereocenters. The lowest BCUT2D eigenvalue weighted by Gasteiger charge is -2.58. The number of morpholine rings is 1. The minimum atomic E-state index is -0.418. The Morgan fingerprint density at radius 1 is 0.872 bits per heavy atom. The highest BCUT2D eigenvalue weighted by Gasteiger charge is 2.58. The minimum Gasteiger partial charge on any atom is -0.378 e. The molecule has 2 heterocycles. The molecule has 4 saturated carbocycles. The number of nitrogens with two attached hydrogens (primary N) is 1. The highest BCUT2D eigenvalue weighted by atomic mass is 16.7. The number of rotatable bonds is 5. The Labute approximate surface area is 229 Å². The fourth-order valence-corrected chi connectivity index (χ4v) is 8.19. The fourth-order valence-electron chi connectivity index (χ4n) is 8.19. The molecule has 9 heteroatoms. The third-order valence-electron chi connectivity index (χ3n) is 9.78. The molecule has 2 amide bonds. The lowest BCUT2D eigenvalue weighted by atomic mass is 9.47. The van der Waals surface area contributed by atoms with Gasteiger partial charge in [0.05, 0.1) is 31.1 Å². The van der Waals surface area contributed by atoms with E-state index in [1.54, 1.807) is 5.06 Å². The molecule has 0 radical (unpaired) electrons. The molecule has 9 nitrogen and oxygen atoms in total. The summed E-state index contributed by atoms with van der Waals surface area (Å²) in [6.45, 7) is 4.60. The van der Waals surface area contributed by atoms with Crippen molar-refractivity contribution in [2.24, 2.45) is 28.9 Å². The monoisotopic (exact) mass is 531 g/mol. The summed E-state index contributed by atoms with van der Waals surface area (Å²) in [5.74, 6) is 0.974. The van der Waals surface area contributed by atoms with Gasteiger partial charge in [0.15, 0.2) is 0 Å².